The molecule has 0 saturated carbocycles. The van der Waals surface area contributed by atoms with Gasteiger partial charge in [-0.15, -0.1) is 0 Å². The zero-order valence-corrected chi connectivity index (χ0v) is 18.9. The van der Waals surface area contributed by atoms with Crippen molar-refractivity contribution in [1.82, 2.24) is 24.9 Å². The lowest BCUT2D eigenvalue weighted by atomic mass is 10.2. The van der Waals surface area contributed by atoms with E-state index in [9.17, 15) is 0 Å². The van der Waals surface area contributed by atoms with Crippen LogP contribution < -0.4 is 10.6 Å². The molecule has 2 N–H and O–H groups in total. The predicted molar refractivity (Wildman–Crippen MR) is 121 cm³/mol. The van der Waals surface area contributed by atoms with Crippen LogP contribution in [0, 0.1) is 13.8 Å². The van der Waals surface area contributed by atoms with Crippen molar-refractivity contribution in [2.75, 3.05) is 11.9 Å². The third-order valence-corrected chi connectivity index (χ3v) is 5.37. The van der Waals surface area contributed by atoms with Crippen molar-refractivity contribution in [2.45, 2.75) is 33.4 Å². The van der Waals surface area contributed by atoms with Gasteiger partial charge < -0.3 is 10.6 Å². The Morgan fingerprint density at radius 3 is 2.75 bits per heavy atom. The third kappa shape index (κ3) is 5.56. The van der Waals surface area contributed by atoms with E-state index in [2.05, 4.69) is 49.8 Å². The molecule has 0 radical (unpaired) electrons. The van der Waals surface area contributed by atoms with Crippen LogP contribution in [0.1, 0.15) is 23.4 Å². The fourth-order valence-electron chi connectivity index (χ4n) is 2.85. The number of anilines is 1. The normalized spacial score (nSPS) is 10.9. The maximum Gasteiger partial charge on any atom is 0.172 e. The van der Waals surface area contributed by atoms with Crippen LogP contribution in [0.25, 0.3) is 0 Å². The van der Waals surface area contributed by atoms with Crippen LogP contribution in [0.2, 0.25) is 5.02 Å². The first kappa shape index (κ1) is 20.8. The van der Waals surface area contributed by atoms with Crippen LogP contribution in [0.4, 0.5) is 5.82 Å². The Kier molecular flexibility index (Phi) is 7.09. The van der Waals surface area contributed by atoms with E-state index in [1.807, 2.05) is 46.7 Å². The van der Waals surface area contributed by atoms with Gasteiger partial charge in [0.25, 0.3) is 0 Å². The molecule has 148 valence electrons. The molecule has 0 spiro atoms. The highest BCUT2D eigenvalue weighted by atomic mass is 79.9. The molecule has 0 unspecified atom stereocenters. The van der Waals surface area contributed by atoms with Crippen LogP contribution in [-0.2, 0) is 13.1 Å². The van der Waals surface area contributed by atoms with E-state index in [4.69, 9.17) is 23.8 Å². The number of benzene rings is 1. The largest absolute Gasteiger partial charge is 0.362 e. The first-order valence-electron chi connectivity index (χ1n) is 8.94. The van der Waals surface area contributed by atoms with Gasteiger partial charge >= 0.3 is 0 Å². The Balaban J connectivity index is 1.48. The average Bonchev–Trinajstić information content (AvgIpc) is 3.15. The highest BCUT2D eigenvalue weighted by Crippen LogP contribution is 2.22. The molecule has 2 aromatic heterocycles. The minimum absolute atomic E-state index is 0.539. The molecule has 0 aliphatic rings. The summed E-state index contributed by atoms with van der Waals surface area (Å²) in [5.74, 6) is 0.670. The quantitative estimate of drug-likeness (QED) is 0.383. The number of aromatic nitrogens is 4. The molecule has 0 atom stereocenters. The van der Waals surface area contributed by atoms with Gasteiger partial charge in [-0.1, -0.05) is 29.8 Å². The lowest BCUT2D eigenvalue weighted by molar-refractivity contribution is 0.558. The van der Waals surface area contributed by atoms with Gasteiger partial charge in [0, 0.05) is 30.0 Å². The van der Waals surface area contributed by atoms with Crippen LogP contribution in [-0.4, -0.2) is 31.2 Å². The molecule has 0 bridgehead atoms. The summed E-state index contributed by atoms with van der Waals surface area (Å²) in [4.78, 5) is 0. The zero-order chi connectivity index (χ0) is 20.1. The number of nitrogens with one attached hydrogen (secondary N) is 2. The Morgan fingerprint density at radius 1 is 1.25 bits per heavy atom. The Hall–Kier alpha value is -1.90. The lowest BCUT2D eigenvalue weighted by Crippen LogP contribution is -2.30. The molecule has 0 aliphatic carbocycles. The van der Waals surface area contributed by atoms with Gasteiger partial charge in [0.15, 0.2) is 10.9 Å². The number of nitrogens with zero attached hydrogens (tertiary/aromatic N) is 4. The number of hydrogen-bond acceptors (Lipinski definition) is 3. The van der Waals surface area contributed by atoms with Crippen molar-refractivity contribution < 1.29 is 0 Å². The zero-order valence-electron chi connectivity index (χ0n) is 15.7. The topological polar surface area (TPSA) is 59.7 Å². The van der Waals surface area contributed by atoms with Crippen molar-refractivity contribution >= 4 is 50.7 Å². The van der Waals surface area contributed by atoms with Crippen molar-refractivity contribution in [3.63, 3.8) is 0 Å². The fraction of sp³-hybridized carbons (Fsp3) is 0.316. The highest BCUT2D eigenvalue weighted by molar-refractivity contribution is 9.10. The van der Waals surface area contributed by atoms with Crippen LogP contribution in [0.15, 0.2) is 41.0 Å². The van der Waals surface area contributed by atoms with Crippen molar-refractivity contribution in [3.8, 4) is 0 Å². The van der Waals surface area contributed by atoms with Gasteiger partial charge in [-0.05, 0) is 66.1 Å². The van der Waals surface area contributed by atoms with E-state index in [0.717, 1.165) is 40.3 Å². The van der Waals surface area contributed by atoms with Crippen molar-refractivity contribution in [3.05, 3.63) is 63.0 Å². The molecule has 0 fully saturated rings. The molecule has 0 saturated heterocycles. The van der Waals surface area contributed by atoms with Crippen LogP contribution in [0.5, 0.6) is 0 Å². The summed E-state index contributed by atoms with van der Waals surface area (Å²) in [6, 6.07) is 9.82. The first-order chi connectivity index (χ1) is 13.4. The van der Waals surface area contributed by atoms with Gasteiger partial charge in [0.05, 0.1) is 16.7 Å². The molecule has 3 rings (SSSR count). The minimum Gasteiger partial charge on any atom is -0.362 e. The minimum atomic E-state index is 0.539. The van der Waals surface area contributed by atoms with E-state index in [1.54, 1.807) is 0 Å². The Bertz CT molecular complexity index is 967. The molecular weight excluding hydrogens is 460 g/mol. The number of hydrogen-bond donors (Lipinski definition) is 2. The number of aryl methyl sites for hydroxylation is 3. The van der Waals surface area contributed by atoms with E-state index in [0.29, 0.717) is 17.5 Å². The van der Waals surface area contributed by atoms with E-state index >= 15 is 0 Å². The first-order valence-corrected chi connectivity index (χ1v) is 10.5. The number of halogens is 2. The molecular formula is C19H22BrClN6S. The summed E-state index contributed by atoms with van der Waals surface area (Å²) in [6.07, 6.45) is 2.82. The number of thiocarbonyl (C=S) groups is 1. The van der Waals surface area contributed by atoms with E-state index in [1.165, 1.54) is 5.69 Å². The molecule has 28 heavy (non-hydrogen) atoms. The number of rotatable bonds is 7. The maximum absolute atomic E-state index is 6.23. The highest BCUT2D eigenvalue weighted by Gasteiger charge is 2.10. The van der Waals surface area contributed by atoms with Crippen LogP contribution in [0.3, 0.4) is 0 Å². The predicted octanol–water partition coefficient (Wildman–Crippen LogP) is 4.54. The van der Waals surface area contributed by atoms with Gasteiger partial charge in [-0.25, -0.2) is 0 Å². The monoisotopic (exact) mass is 480 g/mol. The molecule has 3 aromatic rings. The van der Waals surface area contributed by atoms with Gasteiger partial charge in [-0.2, -0.15) is 10.2 Å². The smallest absolute Gasteiger partial charge is 0.172 e. The lowest BCUT2D eigenvalue weighted by Gasteiger charge is -2.10. The summed E-state index contributed by atoms with van der Waals surface area (Å²) < 4.78 is 4.67. The summed E-state index contributed by atoms with van der Waals surface area (Å²) in [6.45, 7) is 6.26. The summed E-state index contributed by atoms with van der Waals surface area (Å²) in [7, 11) is 0. The van der Waals surface area contributed by atoms with Crippen molar-refractivity contribution in [1.29, 1.82) is 0 Å². The molecule has 0 aliphatic heterocycles. The SMILES string of the molecule is Cc1cc(C)n(CCCNC(=S)Nc2nn(Cc3ccccc3Cl)cc2Br)n1. The second-order valence-corrected chi connectivity index (χ2v) is 8.17. The Morgan fingerprint density at radius 2 is 2.04 bits per heavy atom. The summed E-state index contributed by atoms with van der Waals surface area (Å²) in [5, 5.41) is 16.6. The third-order valence-electron chi connectivity index (χ3n) is 4.17. The molecule has 2 heterocycles. The molecule has 0 amide bonds. The van der Waals surface area contributed by atoms with Gasteiger partial charge in [0.2, 0.25) is 0 Å². The second-order valence-electron chi connectivity index (χ2n) is 6.50. The Labute approximate surface area is 183 Å². The second kappa shape index (κ2) is 9.54. The average molecular weight is 482 g/mol. The van der Waals surface area contributed by atoms with Gasteiger partial charge in [-0.3, -0.25) is 9.36 Å². The molecule has 9 heteroatoms. The van der Waals surface area contributed by atoms with Crippen molar-refractivity contribution in [2.24, 2.45) is 0 Å². The standard InChI is InChI=1S/C19H22BrClN6S/c1-13-10-14(2)27(24-13)9-5-8-22-19(28)23-18-16(20)12-26(25-18)11-15-6-3-4-7-17(15)21/h3-4,6-7,10,12H,5,8-9,11H2,1-2H3,(H2,22,23,25,28). The fourth-order valence-corrected chi connectivity index (χ4v) is 3.66. The van der Waals surface area contributed by atoms with Crippen LogP contribution >= 0.6 is 39.7 Å². The van der Waals surface area contributed by atoms with Gasteiger partial charge in [0.1, 0.15) is 0 Å². The maximum atomic E-state index is 6.23. The molecule has 1 aromatic carbocycles. The van der Waals surface area contributed by atoms with E-state index in [-0.39, 0.29) is 0 Å². The van der Waals surface area contributed by atoms with E-state index < -0.39 is 0 Å². The summed E-state index contributed by atoms with van der Waals surface area (Å²) in [5.41, 5.74) is 3.22. The summed E-state index contributed by atoms with van der Waals surface area (Å²) >= 11 is 15.1. The molecule has 6 nitrogen and oxygen atoms in total.